The maximum atomic E-state index is 13.2. The number of carbonyl (C=O) groups is 1. The van der Waals surface area contributed by atoms with Crippen LogP contribution < -0.4 is 4.90 Å². The molecule has 1 aliphatic heterocycles. The zero-order valence-corrected chi connectivity index (χ0v) is 15.8. The van der Waals surface area contributed by atoms with Gasteiger partial charge in [0, 0.05) is 17.5 Å². The van der Waals surface area contributed by atoms with Crippen molar-refractivity contribution in [3.63, 3.8) is 0 Å². The van der Waals surface area contributed by atoms with Crippen molar-refractivity contribution in [2.24, 2.45) is 5.92 Å². The molecule has 1 aliphatic carbocycles. The summed E-state index contributed by atoms with van der Waals surface area (Å²) < 4.78 is 5.44. The minimum atomic E-state index is 0.136. The molecule has 1 aromatic heterocycles. The standard InChI is InChI=1S/C20H25N3O2S/c24-20(18-14-17(18)16-4-2-1-3-5-16)23(15-19-21-6-13-26-19)8-7-22-9-11-25-12-10-22/h1-6,13,17-18H,7-12,14-15H2/p+1/t17-,18-/m0/s1. The number of morpholine rings is 1. The Morgan fingerprint density at radius 1 is 1.27 bits per heavy atom. The predicted molar refractivity (Wildman–Crippen MR) is 101 cm³/mol. The molecule has 1 saturated heterocycles. The van der Waals surface area contributed by atoms with Gasteiger partial charge in [-0.2, -0.15) is 0 Å². The highest BCUT2D eigenvalue weighted by Crippen LogP contribution is 2.48. The summed E-state index contributed by atoms with van der Waals surface area (Å²) in [5, 5.41) is 3.00. The van der Waals surface area contributed by atoms with Gasteiger partial charge in [0.2, 0.25) is 5.91 Å². The van der Waals surface area contributed by atoms with Crippen molar-refractivity contribution in [2.45, 2.75) is 18.9 Å². The molecule has 4 rings (SSSR count). The van der Waals surface area contributed by atoms with Crippen molar-refractivity contribution in [3.05, 3.63) is 52.5 Å². The maximum Gasteiger partial charge on any atom is 0.226 e. The second-order valence-corrected chi connectivity index (χ2v) is 8.14. The third-order valence-electron chi connectivity index (χ3n) is 5.39. The first-order chi connectivity index (χ1) is 12.8. The van der Waals surface area contributed by atoms with Gasteiger partial charge in [0.1, 0.15) is 18.1 Å². The van der Waals surface area contributed by atoms with Crippen molar-refractivity contribution < 1.29 is 14.4 Å². The Labute approximate surface area is 158 Å². The van der Waals surface area contributed by atoms with E-state index in [-0.39, 0.29) is 5.92 Å². The molecule has 0 bridgehead atoms. The number of ether oxygens (including phenoxy) is 1. The normalized spacial score (nSPS) is 22.9. The molecule has 2 atom stereocenters. The van der Waals surface area contributed by atoms with Crippen LogP contribution in [0.4, 0.5) is 0 Å². The summed E-state index contributed by atoms with van der Waals surface area (Å²) in [5.74, 6) is 0.817. The van der Waals surface area contributed by atoms with Crippen LogP contribution >= 0.6 is 11.3 Å². The lowest BCUT2D eigenvalue weighted by Gasteiger charge is -2.27. The van der Waals surface area contributed by atoms with E-state index >= 15 is 0 Å². The first-order valence-electron chi connectivity index (χ1n) is 9.44. The van der Waals surface area contributed by atoms with Gasteiger partial charge in [0.15, 0.2) is 0 Å². The van der Waals surface area contributed by atoms with Crippen LogP contribution in [0.3, 0.4) is 0 Å². The van der Waals surface area contributed by atoms with Crippen molar-refractivity contribution in [1.29, 1.82) is 0 Å². The van der Waals surface area contributed by atoms with E-state index in [0.717, 1.165) is 50.8 Å². The maximum absolute atomic E-state index is 13.2. The quantitative estimate of drug-likeness (QED) is 0.794. The monoisotopic (exact) mass is 372 g/mol. The summed E-state index contributed by atoms with van der Waals surface area (Å²) >= 11 is 1.63. The summed E-state index contributed by atoms with van der Waals surface area (Å²) in [6.45, 7) is 6.15. The summed E-state index contributed by atoms with van der Waals surface area (Å²) in [5.41, 5.74) is 1.29. The molecule has 138 valence electrons. The van der Waals surface area contributed by atoms with E-state index in [1.165, 1.54) is 10.5 Å². The van der Waals surface area contributed by atoms with E-state index in [4.69, 9.17) is 4.74 Å². The molecule has 2 aromatic rings. The zero-order valence-electron chi connectivity index (χ0n) is 15.0. The fourth-order valence-corrected chi connectivity index (χ4v) is 4.37. The number of amides is 1. The van der Waals surface area contributed by atoms with E-state index in [1.54, 1.807) is 11.3 Å². The van der Waals surface area contributed by atoms with Crippen LogP contribution in [0.1, 0.15) is 22.9 Å². The number of nitrogens with one attached hydrogen (secondary N) is 1. The van der Waals surface area contributed by atoms with Gasteiger partial charge in [0.05, 0.1) is 32.8 Å². The smallest absolute Gasteiger partial charge is 0.226 e. The fourth-order valence-electron chi connectivity index (χ4n) is 3.74. The molecule has 0 spiro atoms. The minimum absolute atomic E-state index is 0.136. The van der Waals surface area contributed by atoms with Crippen molar-refractivity contribution >= 4 is 17.2 Å². The Kier molecular flexibility index (Phi) is 5.62. The number of thiazole rings is 1. The molecule has 26 heavy (non-hydrogen) atoms. The lowest BCUT2D eigenvalue weighted by Crippen LogP contribution is -3.14. The van der Waals surface area contributed by atoms with E-state index in [2.05, 4.69) is 29.2 Å². The van der Waals surface area contributed by atoms with Crippen molar-refractivity contribution in [3.8, 4) is 0 Å². The van der Waals surface area contributed by atoms with Gasteiger partial charge in [-0.25, -0.2) is 4.98 Å². The predicted octanol–water partition coefficient (Wildman–Crippen LogP) is 1.19. The second kappa shape index (κ2) is 8.29. The fraction of sp³-hybridized carbons (Fsp3) is 0.500. The highest BCUT2D eigenvalue weighted by atomic mass is 32.1. The highest BCUT2D eigenvalue weighted by Gasteiger charge is 2.45. The minimum Gasteiger partial charge on any atom is -0.370 e. The average Bonchev–Trinajstić information content (AvgIpc) is 3.34. The molecule has 2 fully saturated rings. The molecule has 5 nitrogen and oxygen atoms in total. The van der Waals surface area contributed by atoms with Gasteiger partial charge < -0.3 is 14.5 Å². The summed E-state index contributed by atoms with van der Waals surface area (Å²) in [7, 11) is 0. The third-order valence-corrected chi connectivity index (χ3v) is 6.16. The van der Waals surface area contributed by atoms with Crippen LogP contribution in [-0.2, 0) is 16.1 Å². The van der Waals surface area contributed by atoms with E-state index in [9.17, 15) is 4.79 Å². The largest absolute Gasteiger partial charge is 0.370 e. The molecule has 1 aromatic carbocycles. The highest BCUT2D eigenvalue weighted by molar-refractivity contribution is 7.09. The van der Waals surface area contributed by atoms with Crippen LogP contribution in [0.15, 0.2) is 41.9 Å². The first kappa shape index (κ1) is 17.6. The number of nitrogens with zero attached hydrogens (tertiary/aromatic N) is 2. The van der Waals surface area contributed by atoms with Crippen LogP contribution in [0.5, 0.6) is 0 Å². The summed E-state index contributed by atoms with van der Waals surface area (Å²) in [6, 6.07) is 10.4. The summed E-state index contributed by atoms with van der Waals surface area (Å²) in [6.07, 6.45) is 2.79. The van der Waals surface area contributed by atoms with Crippen LogP contribution in [0.25, 0.3) is 0 Å². The van der Waals surface area contributed by atoms with E-state index < -0.39 is 0 Å². The molecule has 0 unspecified atom stereocenters. The van der Waals surface area contributed by atoms with E-state index in [0.29, 0.717) is 18.4 Å². The number of hydrogen-bond acceptors (Lipinski definition) is 4. The topological polar surface area (TPSA) is 46.9 Å². The van der Waals surface area contributed by atoms with Gasteiger partial charge in [-0.05, 0) is 17.9 Å². The van der Waals surface area contributed by atoms with Gasteiger partial charge in [-0.15, -0.1) is 11.3 Å². The second-order valence-electron chi connectivity index (χ2n) is 7.16. The molecular formula is C20H26N3O2S+. The van der Waals surface area contributed by atoms with Gasteiger partial charge >= 0.3 is 0 Å². The Morgan fingerprint density at radius 3 is 2.81 bits per heavy atom. The summed E-state index contributed by atoms with van der Waals surface area (Å²) in [4.78, 5) is 21.1. The number of quaternary nitrogens is 1. The molecule has 6 heteroatoms. The molecule has 1 N–H and O–H groups in total. The number of hydrogen-bond donors (Lipinski definition) is 1. The Balaban J connectivity index is 1.39. The molecule has 2 aliphatic rings. The Morgan fingerprint density at radius 2 is 2.08 bits per heavy atom. The molecular weight excluding hydrogens is 346 g/mol. The Bertz CT molecular complexity index is 701. The SMILES string of the molecule is O=C([C@H]1C[C@H]1c1ccccc1)N(CC[NH+]1CCOCC1)Cc1nccs1. The first-order valence-corrected chi connectivity index (χ1v) is 10.3. The van der Waals surface area contributed by atoms with Crippen molar-refractivity contribution in [2.75, 3.05) is 39.4 Å². The Hall–Kier alpha value is -1.76. The number of carbonyl (C=O) groups excluding carboxylic acids is 1. The van der Waals surface area contributed by atoms with Gasteiger partial charge in [0.25, 0.3) is 0 Å². The molecule has 1 saturated carbocycles. The number of rotatable bonds is 7. The zero-order chi connectivity index (χ0) is 17.8. The van der Waals surface area contributed by atoms with Crippen molar-refractivity contribution in [1.82, 2.24) is 9.88 Å². The molecule has 1 amide bonds. The van der Waals surface area contributed by atoms with Gasteiger partial charge in [-0.3, -0.25) is 4.79 Å². The molecule has 2 heterocycles. The molecule has 0 radical (unpaired) electrons. The van der Waals surface area contributed by atoms with Crippen LogP contribution in [0.2, 0.25) is 0 Å². The lowest BCUT2D eigenvalue weighted by molar-refractivity contribution is -0.907. The average molecular weight is 373 g/mol. The van der Waals surface area contributed by atoms with Crippen LogP contribution in [-0.4, -0.2) is 55.2 Å². The van der Waals surface area contributed by atoms with Crippen LogP contribution in [0, 0.1) is 5.92 Å². The third kappa shape index (κ3) is 4.31. The van der Waals surface area contributed by atoms with E-state index in [1.807, 2.05) is 22.5 Å². The number of aromatic nitrogens is 1. The lowest BCUT2D eigenvalue weighted by atomic mass is 10.1. The number of benzene rings is 1. The van der Waals surface area contributed by atoms with Gasteiger partial charge in [-0.1, -0.05) is 30.3 Å².